The molecule has 1 aliphatic carbocycles. The Hall–Kier alpha value is -3.88. The van der Waals surface area contributed by atoms with E-state index in [1.807, 2.05) is 62.4 Å². The summed E-state index contributed by atoms with van der Waals surface area (Å²) >= 11 is 0. The van der Waals surface area contributed by atoms with Gasteiger partial charge in [-0.3, -0.25) is 9.59 Å². The predicted octanol–water partition coefficient (Wildman–Crippen LogP) is 4.86. The molecule has 0 heterocycles. The fraction of sp³-hybridized carbons (Fsp3) is 0.0800. The molecule has 0 aliphatic heterocycles. The van der Waals surface area contributed by atoms with Crippen LogP contribution in [0, 0.1) is 13.8 Å². The van der Waals surface area contributed by atoms with Crippen molar-refractivity contribution in [1.29, 1.82) is 0 Å². The zero-order chi connectivity index (χ0) is 20.5. The average molecular weight is 378 g/mol. The minimum atomic E-state index is -0.463. The lowest BCUT2D eigenvalue weighted by molar-refractivity contribution is -0.00541. The van der Waals surface area contributed by atoms with Gasteiger partial charge in [0, 0.05) is 16.7 Å². The number of carbonyl (C=O) groups is 2. The maximum absolute atomic E-state index is 13.5. The summed E-state index contributed by atoms with van der Waals surface area (Å²) in [4.78, 5) is 29.7. The number of aryl methyl sites for hydroxylation is 2. The molecule has 0 saturated heterocycles. The Balaban J connectivity index is 2.10. The van der Waals surface area contributed by atoms with Crippen LogP contribution in [0.3, 0.4) is 0 Å². The first-order valence-corrected chi connectivity index (χ1v) is 9.30. The van der Waals surface area contributed by atoms with Crippen molar-refractivity contribution < 1.29 is 14.4 Å². The van der Waals surface area contributed by atoms with Crippen LogP contribution in [0.2, 0.25) is 0 Å². The van der Waals surface area contributed by atoms with E-state index in [1.165, 1.54) is 0 Å². The Bertz CT molecular complexity index is 1180. The average Bonchev–Trinajstić information content (AvgIpc) is 2.74. The number of nitrogens with zero attached hydrogens (tertiary/aromatic N) is 2. The highest BCUT2D eigenvalue weighted by molar-refractivity contribution is 6.61. The number of benzene rings is 3. The molecule has 4 rings (SSSR count). The van der Waals surface area contributed by atoms with Crippen molar-refractivity contribution in [3.05, 3.63) is 117 Å². The van der Waals surface area contributed by atoms with E-state index in [-0.39, 0.29) is 22.6 Å². The molecule has 0 spiro atoms. The third-order valence-corrected chi connectivity index (χ3v) is 5.13. The number of rotatable bonds is 2. The Morgan fingerprint density at radius 2 is 1.14 bits per heavy atom. The van der Waals surface area contributed by atoms with E-state index in [4.69, 9.17) is 0 Å². The van der Waals surface area contributed by atoms with Crippen LogP contribution in [-0.2, 0) is 0 Å². The van der Waals surface area contributed by atoms with Gasteiger partial charge in [0.1, 0.15) is 5.57 Å². The molecule has 0 radical (unpaired) electrons. The van der Waals surface area contributed by atoms with Crippen LogP contribution in [0.15, 0.2) is 78.4 Å². The molecular formula is C25H18N2O2. The van der Waals surface area contributed by atoms with Gasteiger partial charge in [0.05, 0.1) is 0 Å². The lowest BCUT2D eigenvalue weighted by Gasteiger charge is -2.18. The van der Waals surface area contributed by atoms with Gasteiger partial charge in [-0.15, -0.1) is 0 Å². The molecule has 0 amide bonds. The molecule has 3 aromatic rings. The quantitative estimate of drug-likeness (QED) is 0.363. The SMILES string of the molecule is Cc1ccc(C(=C2C(=O)c3ccccc3C(=O)C2=[N+]=[N-])c2ccc(C)cc2)cc1. The van der Waals surface area contributed by atoms with Crippen molar-refractivity contribution in [2.24, 2.45) is 0 Å². The summed E-state index contributed by atoms with van der Waals surface area (Å²) in [7, 11) is 0. The molecule has 0 unspecified atom stereocenters. The Morgan fingerprint density at radius 1 is 0.690 bits per heavy atom. The van der Waals surface area contributed by atoms with E-state index in [2.05, 4.69) is 4.79 Å². The largest absolute Gasteiger partial charge is 0.374 e. The summed E-state index contributed by atoms with van der Waals surface area (Å²) in [5.74, 6) is -0.793. The Labute approximate surface area is 168 Å². The van der Waals surface area contributed by atoms with Crippen LogP contribution in [0.25, 0.3) is 11.1 Å². The van der Waals surface area contributed by atoms with Crippen molar-refractivity contribution >= 4 is 22.9 Å². The molecule has 140 valence electrons. The van der Waals surface area contributed by atoms with E-state index in [0.29, 0.717) is 11.1 Å². The van der Waals surface area contributed by atoms with Crippen LogP contribution in [-0.4, -0.2) is 22.1 Å². The van der Waals surface area contributed by atoms with Gasteiger partial charge in [0.25, 0.3) is 5.78 Å². The van der Waals surface area contributed by atoms with Crippen molar-refractivity contribution in [2.45, 2.75) is 13.8 Å². The fourth-order valence-corrected chi connectivity index (χ4v) is 3.59. The fourth-order valence-electron chi connectivity index (χ4n) is 3.59. The molecule has 1 aliphatic rings. The van der Waals surface area contributed by atoms with Crippen LogP contribution in [0.4, 0.5) is 0 Å². The maximum atomic E-state index is 13.5. The standard InChI is InChI=1S/C25H18N2O2/c1-15-7-11-17(12-8-15)21(18-13-9-16(2)10-14-18)22-23(27-26)25(29)20-6-4-3-5-19(20)24(22)28/h3-14H,1-2H3. The molecule has 4 nitrogen and oxygen atoms in total. The maximum Gasteiger partial charge on any atom is 0.374 e. The molecule has 29 heavy (non-hydrogen) atoms. The first kappa shape index (κ1) is 18.5. The lowest BCUT2D eigenvalue weighted by atomic mass is 9.79. The molecule has 4 heteroatoms. The molecule has 0 bridgehead atoms. The Morgan fingerprint density at radius 3 is 1.59 bits per heavy atom. The third-order valence-electron chi connectivity index (χ3n) is 5.13. The molecule has 0 atom stereocenters. The third kappa shape index (κ3) is 3.16. The molecule has 3 aromatic carbocycles. The highest BCUT2D eigenvalue weighted by Crippen LogP contribution is 2.33. The second kappa shape index (κ2) is 7.27. The monoisotopic (exact) mass is 378 g/mol. The first-order chi connectivity index (χ1) is 14.0. The molecule has 0 saturated carbocycles. The number of hydrogen-bond donors (Lipinski definition) is 0. The summed E-state index contributed by atoms with van der Waals surface area (Å²) in [5.41, 5.74) is 14.4. The van der Waals surface area contributed by atoms with E-state index >= 15 is 0 Å². The summed E-state index contributed by atoms with van der Waals surface area (Å²) in [6.07, 6.45) is 0. The van der Waals surface area contributed by atoms with Crippen LogP contribution in [0.5, 0.6) is 0 Å². The highest BCUT2D eigenvalue weighted by Gasteiger charge is 2.42. The minimum absolute atomic E-state index is 0.115. The first-order valence-electron chi connectivity index (χ1n) is 9.30. The van der Waals surface area contributed by atoms with Gasteiger partial charge in [-0.1, -0.05) is 77.9 Å². The van der Waals surface area contributed by atoms with E-state index < -0.39 is 5.78 Å². The number of ketones is 2. The van der Waals surface area contributed by atoms with Crippen LogP contribution < -0.4 is 0 Å². The zero-order valence-electron chi connectivity index (χ0n) is 16.1. The second-order valence-electron chi connectivity index (χ2n) is 7.13. The van der Waals surface area contributed by atoms with E-state index in [1.54, 1.807) is 24.3 Å². The van der Waals surface area contributed by atoms with Crippen molar-refractivity contribution in [2.75, 3.05) is 0 Å². The zero-order valence-corrected chi connectivity index (χ0v) is 16.1. The van der Waals surface area contributed by atoms with E-state index in [9.17, 15) is 15.1 Å². The number of Topliss-reactive ketones (excluding diaryl/α,β-unsaturated/α-hetero) is 2. The molecular weight excluding hydrogens is 360 g/mol. The minimum Gasteiger partial charge on any atom is -0.361 e. The van der Waals surface area contributed by atoms with Crippen LogP contribution in [0.1, 0.15) is 43.0 Å². The molecule has 0 fully saturated rings. The predicted molar refractivity (Wildman–Crippen MR) is 112 cm³/mol. The number of fused-ring (bicyclic) bond motifs is 1. The van der Waals surface area contributed by atoms with Crippen LogP contribution >= 0.6 is 0 Å². The van der Waals surface area contributed by atoms with Gasteiger partial charge >= 0.3 is 5.71 Å². The van der Waals surface area contributed by atoms with Crippen molar-refractivity contribution in [1.82, 2.24) is 0 Å². The topological polar surface area (TPSA) is 70.5 Å². The number of carbonyl (C=O) groups excluding carboxylic acids is 2. The van der Waals surface area contributed by atoms with Gasteiger partial charge in [0.2, 0.25) is 5.78 Å². The van der Waals surface area contributed by atoms with E-state index in [0.717, 1.165) is 22.3 Å². The van der Waals surface area contributed by atoms with Gasteiger partial charge < -0.3 is 5.53 Å². The molecule has 0 aromatic heterocycles. The van der Waals surface area contributed by atoms with Crippen molar-refractivity contribution in [3.8, 4) is 0 Å². The number of allylic oxidation sites excluding steroid dienone is 1. The summed E-state index contributed by atoms with van der Waals surface area (Å²) in [6, 6.07) is 22.0. The highest BCUT2D eigenvalue weighted by atomic mass is 16.1. The normalized spacial score (nSPS) is 13.2. The summed E-state index contributed by atoms with van der Waals surface area (Å²) < 4.78 is 0. The summed E-state index contributed by atoms with van der Waals surface area (Å²) in [5, 5.41) is 0. The summed E-state index contributed by atoms with van der Waals surface area (Å²) in [6.45, 7) is 3.96. The van der Waals surface area contributed by atoms with Gasteiger partial charge in [-0.25, -0.2) is 0 Å². The van der Waals surface area contributed by atoms with Gasteiger partial charge in [-0.05, 0) is 31.0 Å². The van der Waals surface area contributed by atoms with Gasteiger partial charge in [0.15, 0.2) is 0 Å². The smallest absolute Gasteiger partial charge is 0.361 e. The lowest BCUT2D eigenvalue weighted by Crippen LogP contribution is -2.32. The number of hydrogen-bond acceptors (Lipinski definition) is 2. The van der Waals surface area contributed by atoms with Gasteiger partial charge in [-0.2, -0.15) is 4.79 Å². The second-order valence-corrected chi connectivity index (χ2v) is 7.13. The van der Waals surface area contributed by atoms with Crippen molar-refractivity contribution in [3.63, 3.8) is 0 Å². The Kier molecular flexibility index (Phi) is 4.63. The molecule has 0 N–H and O–H groups in total.